The third-order valence-corrected chi connectivity index (χ3v) is 4.17. The fourth-order valence-electron chi connectivity index (χ4n) is 2.70. The molecule has 0 aliphatic heterocycles. The summed E-state index contributed by atoms with van der Waals surface area (Å²) in [6.07, 6.45) is -2.44. The number of nitrogens with zero attached hydrogens (tertiary/aromatic N) is 1. The monoisotopic (exact) mass is 403 g/mol. The average molecular weight is 403 g/mol. The first-order valence-corrected chi connectivity index (χ1v) is 8.56. The number of hydrogen-bond donors (Lipinski definition) is 3. The summed E-state index contributed by atoms with van der Waals surface area (Å²) in [5.74, 6) is -1.10. The molecule has 0 saturated carbocycles. The summed E-state index contributed by atoms with van der Waals surface area (Å²) < 4.78 is 37.6. The Kier molecular flexibility index (Phi) is 5.67. The van der Waals surface area contributed by atoms with Crippen molar-refractivity contribution in [1.82, 2.24) is 10.3 Å². The Bertz CT molecular complexity index is 1050. The SMILES string of the molecule is O=C(NCCc1ccc2cc(C(=O)O)ncc2c1)Nc1ccc(C(F)(F)F)cc1. The number of nitrogens with one attached hydrogen (secondary N) is 2. The number of aromatic carboxylic acids is 1. The van der Waals surface area contributed by atoms with Crippen molar-refractivity contribution in [2.45, 2.75) is 12.6 Å². The zero-order valence-corrected chi connectivity index (χ0v) is 15.0. The number of carbonyl (C=O) groups excluding carboxylic acids is 1. The molecule has 0 fully saturated rings. The second-order valence-corrected chi connectivity index (χ2v) is 6.26. The van der Waals surface area contributed by atoms with E-state index in [1.54, 1.807) is 6.07 Å². The quantitative estimate of drug-likeness (QED) is 0.592. The summed E-state index contributed by atoms with van der Waals surface area (Å²) in [5, 5.41) is 15.6. The molecule has 9 heteroatoms. The molecule has 2 aromatic carbocycles. The van der Waals surface area contributed by atoms with Crippen molar-refractivity contribution >= 4 is 28.5 Å². The van der Waals surface area contributed by atoms with Crippen LogP contribution >= 0.6 is 0 Å². The lowest BCUT2D eigenvalue weighted by molar-refractivity contribution is -0.137. The van der Waals surface area contributed by atoms with Gasteiger partial charge in [-0.25, -0.2) is 14.6 Å². The smallest absolute Gasteiger partial charge is 0.416 e. The van der Waals surface area contributed by atoms with Gasteiger partial charge in [-0.2, -0.15) is 13.2 Å². The van der Waals surface area contributed by atoms with E-state index in [0.717, 1.165) is 28.5 Å². The van der Waals surface area contributed by atoms with Gasteiger partial charge in [0.1, 0.15) is 5.69 Å². The predicted octanol–water partition coefficient (Wildman–Crippen LogP) is 4.32. The highest BCUT2D eigenvalue weighted by atomic mass is 19.4. The maximum atomic E-state index is 12.5. The molecule has 2 amide bonds. The minimum absolute atomic E-state index is 0.0353. The molecule has 0 unspecified atom stereocenters. The van der Waals surface area contributed by atoms with E-state index in [4.69, 9.17) is 5.11 Å². The molecular weight excluding hydrogens is 387 g/mol. The molecule has 6 nitrogen and oxygen atoms in total. The lowest BCUT2D eigenvalue weighted by Crippen LogP contribution is -2.30. The highest BCUT2D eigenvalue weighted by Gasteiger charge is 2.29. The third-order valence-electron chi connectivity index (χ3n) is 4.17. The molecule has 0 saturated heterocycles. The van der Waals surface area contributed by atoms with Gasteiger partial charge in [0.15, 0.2) is 0 Å². The van der Waals surface area contributed by atoms with E-state index in [0.29, 0.717) is 13.0 Å². The fraction of sp³-hybridized carbons (Fsp3) is 0.150. The molecule has 0 radical (unpaired) electrons. The van der Waals surface area contributed by atoms with Gasteiger partial charge in [0.2, 0.25) is 0 Å². The molecule has 1 heterocycles. The van der Waals surface area contributed by atoms with E-state index in [2.05, 4.69) is 15.6 Å². The first-order chi connectivity index (χ1) is 13.7. The van der Waals surface area contributed by atoms with E-state index in [1.807, 2.05) is 12.1 Å². The number of carboxylic acid groups (broad SMARTS) is 1. The van der Waals surface area contributed by atoms with E-state index >= 15 is 0 Å². The number of alkyl halides is 3. The number of rotatable bonds is 5. The van der Waals surface area contributed by atoms with Gasteiger partial charge in [0, 0.05) is 23.8 Å². The van der Waals surface area contributed by atoms with Crippen LogP contribution in [-0.2, 0) is 12.6 Å². The topological polar surface area (TPSA) is 91.3 Å². The van der Waals surface area contributed by atoms with Crippen molar-refractivity contribution in [3.05, 3.63) is 71.5 Å². The van der Waals surface area contributed by atoms with Gasteiger partial charge in [0.25, 0.3) is 0 Å². The molecule has 0 spiro atoms. The summed E-state index contributed by atoms with van der Waals surface area (Å²) in [6.45, 7) is 0.304. The Labute approximate surface area is 163 Å². The van der Waals surface area contributed by atoms with Crippen molar-refractivity contribution in [1.29, 1.82) is 0 Å². The number of carbonyl (C=O) groups is 2. The van der Waals surface area contributed by atoms with Crippen LogP contribution in [0.25, 0.3) is 10.8 Å². The molecule has 1 aromatic heterocycles. The maximum Gasteiger partial charge on any atom is 0.416 e. The number of urea groups is 1. The largest absolute Gasteiger partial charge is 0.477 e. The Morgan fingerprint density at radius 3 is 2.38 bits per heavy atom. The zero-order chi connectivity index (χ0) is 21.0. The lowest BCUT2D eigenvalue weighted by atomic mass is 10.1. The number of pyridine rings is 1. The number of aromatic nitrogens is 1. The molecule has 150 valence electrons. The minimum atomic E-state index is -4.43. The number of amides is 2. The number of anilines is 1. The van der Waals surface area contributed by atoms with E-state index in [9.17, 15) is 22.8 Å². The standard InChI is InChI=1S/C20H16F3N3O3/c21-20(22,23)15-3-5-16(6-4-15)26-19(29)24-8-7-12-1-2-13-10-17(18(27)28)25-11-14(13)9-12/h1-6,9-11H,7-8H2,(H,27,28)(H2,24,26,29). The first-order valence-electron chi connectivity index (χ1n) is 8.56. The van der Waals surface area contributed by atoms with Gasteiger partial charge < -0.3 is 15.7 Å². The highest BCUT2D eigenvalue weighted by molar-refractivity contribution is 5.92. The average Bonchev–Trinajstić information content (AvgIpc) is 2.67. The van der Waals surface area contributed by atoms with Crippen molar-refractivity contribution < 1.29 is 27.9 Å². The van der Waals surface area contributed by atoms with Crippen molar-refractivity contribution in [3.63, 3.8) is 0 Å². The molecule has 29 heavy (non-hydrogen) atoms. The van der Waals surface area contributed by atoms with Gasteiger partial charge in [0.05, 0.1) is 5.56 Å². The van der Waals surface area contributed by atoms with Crippen LogP contribution in [0.3, 0.4) is 0 Å². The minimum Gasteiger partial charge on any atom is -0.477 e. The van der Waals surface area contributed by atoms with Crippen molar-refractivity contribution in [2.75, 3.05) is 11.9 Å². The molecule has 0 aliphatic rings. The second kappa shape index (κ2) is 8.17. The third kappa shape index (κ3) is 5.22. The van der Waals surface area contributed by atoms with E-state index in [-0.39, 0.29) is 11.4 Å². The summed E-state index contributed by atoms with van der Waals surface area (Å²) in [7, 11) is 0. The molecular formula is C20H16F3N3O3. The Morgan fingerprint density at radius 1 is 1.00 bits per heavy atom. The van der Waals surface area contributed by atoms with Crippen LogP contribution in [0.1, 0.15) is 21.6 Å². The molecule has 0 bridgehead atoms. The van der Waals surface area contributed by atoms with Gasteiger partial charge >= 0.3 is 18.2 Å². The highest BCUT2D eigenvalue weighted by Crippen LogP contribution is 2.29. The summed E-state index contributed by atoms with van der Waals surface area (Å²) in [5.41, 5.74) is 0.343. The summed E-state index contributed by atoms with van der Waals surface area (Å²) in [4.78, 5) is 26.7. The van der Waals surface area contributed by atoms with Gasteiger partial charge in [-0.15, -0.1) is 0 Å². The Balaban J connectivity index is 1.53. The maximum absolute atomic E-state index is 12.5. The number of hydrogen-bond acceptors (Lipinski definition) is 3. The van der Waals surface area contributed by atoms with Crippen molar-refractivity contribution in [2.24, 2.45) is 0 Å². The van der Waals surface area contributed by atoms with Crippen LogP contribution in [0.15, 0.2) is 54.7 Å². The van der Waals surface area contributed by atoms with Crippen LogP contribution in [0.2, 0.25) is 0 Å². The summed E-state index contributed by atoms with van der Waals surface area (Å²) in [6, 6.07) is 10.6. The lowest BCUT2D eigenvalue weighted by Gasteiger charge is -2.10. The van der Waals surface area contributed by atoms with Crippen LogP contribution in [0.5, 0.6) is 0 Å². The normalized spacial score (nSPS) is 11.3. The van der Waals surface area contributed by atoms with Gasteiger partial charge in [-0.1, -0.05) is 12.1 Å². The van der Waals surface area contributed by atoms with Crippen molar-refractivity contribution in [3.8, 4) is 0 Å². The van der Waals surface area contributed by atoms with E-state index in [1.165, 1.54) is 24.4 Å². The molecule has 3 rings (SSSR count). The number of halogens is 3. The number of carboxylic acids is 1. The number of fused-ring (bicyclic) bond motifs is 1. The first kappa shape index (κ1) is 20.1. The zero-order valence-electron chi connectivity index (χ0n) is 15.0. The van der Waals surface area contributed by atoms with Gasteiger partial charge in [-0.3, -0.25) is 0 Å². The number of benzene rings is 2. The Hall–Kier alpha value is -3.62. The molecule has 3 aromatic rings. The summed E-state index contributed by atoms with van der Waals surface area (Å²) >= 11 is 0. The fourth-order valence-corrected chi connectivity index (χ4v) is 2.70. The van der Waals surface area contributed by atoms with Crippen LogP contribution < -0.4 is 10.6 Å². The van der Waals surface area contributed by atoms with Crippen LogP contribution in [0, 0.1) is 0 Å². The van der Waals surface area contributed by atoms with E-state index < -0.39 is 23.7 Å². The van der Waals surface area contributed by atoms with Gasteiger partial charge in [-0.05, 0) is 53.8 Å². The molecule has 0 aliphatic carbocycles. The second-order valence-electron chi connectivity index (χ2n) is 6.26. The molecule has 3 N–H and O–H groups in total. The predicted molar refractivity (Wildman–Crippen MR) is 101 cm³/mol. The van der Waals surface area contributed by atoms with Crippen LogP contribution in [-0.4, -0.2) is 28.6 Å². The van der Waals surface area contributed by atoms with Crippen LogP contribution in [0.4, 0.5) is 23.7 Å². The molecule has 0 atom stereocenters. The Morgan fingerprint density at radius 2 is 1.72 bits per heavy atom.